The van der Waals surface area contributed by atoms with Gasteiger partial charge in [-0.3, -0.25) is 0 Å². The van der Waals surface area contributed by atoms with E-state index in [-0.39, 0.29) is 0 Å². The molecule has 8 heavy (non-hydrogen) atoms. The summed E-state index contributed by atoms with van der Waals surface area (Å²) in [5, 5.41) is 0. The first kappa shape index (κ1) is 7.80. The summed E-state index contributed by atoms with van der Waals surface area (Å²) >= 11 is 0. The van der Waals surface area contributed by atoms with Crippen molar-refractivity contribution in [3.05, 3.63) is 0 Å². The van der Waals surface area contributed by atoms with Gasteiger partial charge in [0, 0.05) is 0 Å². The summed E-state index contributed by atoms with van der Waals surface area (Å²) in [7, 11) is 10.5. The monoisotopic (exact) mass is 100 g/mol. The molecular weight excluding hydrogens is 92.5 g/mol. The Balaban J connectivity index is 4.03. The van der Waals surface area contributed by atoms with Crippen LogP contribution in [0.15, 0.2) is 0 Å². The van der Waals surface area contributed by atoms with E-state index in [0.29, 0.717) is 5.46 Å². The van der Waals surface area contributed by atoms with Gasteiger partial charge in [-0.1, -0.05) is 0 Å². The van der Waals surface area contributed by atoms with E-state index in [0.717, 1.165) is 5.46 Å². The van der Waals surface area contributed by atoms with Crippen LogP contribution in [0, 0.1) is 0 Å². The first-order chi connectivity index (χ1) is 3.72. The maximum atomic E-state index is 5.39. The van der Waals surface area contributed by atoms with Gasteiger partial charge in [0.05, 0.1) is 0 Å². The Bertz CT molecular complexity index is 135. The quantitative estimate of drug-likeness (QED) is 0.400. The van der Waals surface area contributed by atoms with E-state index in [9.17, 15) is 0 Å². The van der Waals surface area contributed by atoms with E-state index >= 15 is 0 Å². The van der Waals surface area contributed by atoms with Crippen molar-refractivity contribution < 1.29 is 0 Å². The molecule has 0 aliphatic rings. The average molecular weight is 99.5 g/mol. The van der Waals surface area contributed by atoms with Gasteiger partial charge in [-0.15, -0.1) is 0 Å². The SMILES string of the molecule is [B]=CC(=[B])C(C)=BC. The van der Waals surface area contributed by atoms with Crippen LogP contribution < -0.4 is 0 Å². The van der Waals surface area contributed by atoms with Crippen LogP contribution in [-0.2, 0) is 0 Å². The molecule has 0 saturated carbocycles. The molecule has 0 bridgehead atoms. The zero-order chi connectivity index (χ0) is 6.57. The van der Waals surface area contributed by atoms with Gasteiger partial charge in [0.25, 0.3) is 0 Å². The Morgan fingerprint density at radius 3 is 2.25 bits per heavy atom. The Morgan fingerprint density at radius 1 is 1.62 bits per heavy atom. The van der Waals surface area contributed by atoms with E-state index < -0.39 is 0 Å². The summed E-state index contributed by atoms with van der Waals surface area (Å²) in [5.74, 6) is 1.40. The summed E-state index contributed by atoms with van der Waals surface area (Å²) in [5.41, 5.74) is 1.67. The minimum atomic E-state index is 0.646. The van der Waals surface area contributed by atoms with Crippen molar-refractivity contribution in [1.29, 1.82) is 0 Å². The molecule has 0 aromatic carbocycles. The number of hydrogen-bond donors (Lipinski definition) is 0. The van der Waals surface area contributed by atoms with Crippen LogP contribution in [0.25, 0.3) is 0 Å². The van der Waals surface area contributed by atoms with Crippen LogP contribution in [-0.4, -0.2) is 38.8 Å². The summed E-state index contributed by atoms with van der Waals surface area (Å²) in [6.45, 7) is 5.75. The van der Waals surface area contributed by atoms with Crippen LogP contribution in [0.3, 0.4) is 0 Å². The second-order valence-electron chi connectivity index (χ2n) is 1.59. The Hall–Kier alpha value is -0.195. The fraction of sp³-hybridized carbons (Fsp3) is 0.400. The summed E-state index contributed by atoms with van der Waals surface area (Å²) in [6.07, 6.45) is 0. The van der Waals surface area contributed by atoms with Crippen LogP contribution in [0.2, 0.25) is 6.82 Å². The van der Waals surface area contributed by atoms with Crippen LogP contribution >= 0.6 is 0 Å². The normalized spacial score (nSPS) is 9.75. The maximum absolute atomic E-state index is 5.39. The third-order valence-electron chi connectivity index (χ3n) is 1.07. The molecule has 0 aromatic heterocycles. The first-order valence-corrected chi connectivity index (χ1v) is 2.53. The zero-order valence-electron chi connectivity index (χ0n) is 5.31. The molecule has 0 saturated heterocycles. The van der Waals surface area contributed by atoms with Crippen molar-refractivity contribution >= 4 is 38.8 Å². The third kappa shape index (κ3) is 2.20. The molecule has 0 N–H and O–H groups in total. The van der Waals surface area contributed by atoms with E-state index in [1.807, 2.05) is 20.7 Å². The van der Waals surface area contributed by atoms with Gasteiger partial charge in [0.2, 0.25) is 0 Å². The van der Waals surface area contributed by atoms with Crippen molar-refractivity contribution in [2.75, 3.05) is 0 Å². The van der Waals surface area contributed by atoms with Gasteiger partial charge in [-0.05, 0) is 0 Å². The molecule has 0 fully saturated rings. The molecule has 0 aromatic rings. The summed E-state index contributed by atoms with van der Waals surface area (Å²) in [6, 6.07) is 0. The third-order valence-corrected chi connectivity index (χ3v) is 1.07. The van der Waals surface area contributed by atoms with E-state index in [1.54, 1.807) is 0 Å². The van der Waals surface area contributed by atoms with Gasteiger partial charge >= 0.3 is 52.5 Å². The molecule has 0 heterocycles. The summed E-state index contributed by atoms with van der Waals surface area (Å²) < 4.78 is 0. The standard InChI is InChI=1S/C5H7B3/c1-4(8-2)5(7)3-6/h3H,1-2H3. The molecule has 0 unspecified atom stereocenters. The number of rotatable bonds is 2. The molecule has 36 valence electrons. The molecule has 0 aliphatic carbocycles. The van der Waals surface area contributed by atoms with Crippen molar-refractivity contribution in [2.24, 2.45) is 0 Å². The molecule has 0 rings (SSSR count). The second-order valence-corrected chi connectivity index (χ2v) is 1.59. The fourth-order valence-corrected chi connectivity index (χ4v) is 0.298. The van der Waals surface area contributed by atoms with Crippen molar-refractivity contribution in [2.45, 2.75) is 13.7 Å². The molecule has 0 amide bonds. The molecule has 3 heteroatoms. The molecule has 0 atom stereocenters. The van der Waals surface area contributed by atoms with Gasteiger partial charge in [0.1, 0.15) is 0 Å². The van der Waals surface area contributed by atoms with Gasteiger partial charge in [-0.25, -0.2) is 0 Å². The van der Waals surface area contributed by atoms with Gasteiger partial charge in [0.15, 0.2) is 0 Å². The Morgan fingerprint density at radius 2 is 2.12 bits per heavy atom. The predicted molar refractivity (Wildman–Crippen MR) is 44.9 cm³/mol. The van der Waals surface area contributed by atoms with Crippen LogP contribution in [0.4, 0.5) is 0 Å². The average Bonchev–Trinajstić information content (AvgIpc) is 1.84. The van der Waals surface area contributed by atoms with E-state index in [1.165, 1.54) is 5.97 Å². The van der Waals surface area contributed by atoms with Crippen LogP contribution in [0.1, 0.15) is 6.92 Å². The van der Waals surface area contributed by atoms with Crippen molar-refractivity contribution in [3.8, 4) is 0 Å². The molecule has 0 nitrogen and oxygen atoms in total. The fourth-order valence-electron chi connectivity index (χ4n) is 0.298. The van der Waals surface area contributed by atoms with E-state index in [2.05, 4.69) is 0 Å². The number of hydrogen-bond acceptors (Lipinski definition) is 0. The van der Waals surface area contributed by atoms with Gasteiger partial charge < -0.3 is 0 Å². The second kappa shape index (κ2) is 3.76. The summed E-state index contributed by atoms with van der Waals surface area (Å²) in [4.78, 5) is 0. The Labute approximate surface area is 53.4 Å². The first-order valence-electron chi connectivity index (χ1n) is 2.53. The molecule has 2 radical (unpaired) electrons. The van der Waals surface area contributed by atoms with E-state index in [4.69, 9.17) is 15.0 Å². The molecule has 0 aliphatic heterocycles. The van der Waals surface area contributed by atoms with Crippen molar-refractivity contribution in [3.63, 3.8) is 0 Å². The predicted octanol–water partition coefficient (Wildman–Crippen LogP) is -0.757. The Kier molecular flexibility index (Phi) is 3.67. The topological polar surface area (TPSA) is 0 Å². The minimum absolute atomic E-state index is 0.646. The van der Waals surface area contributed by atoms with Crippen LogP contribution in [0.5, 0.6) is 0 Å². The van der Waals surface area contributed by atoms with Gasteiger partial charge in [-0.2, -0.15) is 0 Å². The van der Waals surface area contributed by atoms with Crippen molar-refractivity contribution in [1.82, 2.24) is 0 Å². The molecular formula is C5H7B3. The molecule has 0 spiro atoms. The zero-order valence-corrected chi connectivity index (χ0v) is 5.31.